The van der Waals surface area contributed by atoms with Crippen molar-refractivity contribution in [1.82, 2.24) is 14.5 Å². The number of aryl methyl sites for hydroxylation is 1. The summed E-state index contributed by atoms with van der Waals surface area (Å²) in [6, 6.07) is 7.46. The molecule has 6 heteroatoms. The van der Waals surface area contributed by atoms with Crippen LogP contribution in [0.3, 0.4) is 0 Å². The molecule has 0 fully saturated rings. The van der Waals surface area contributed by atoms with E-state index in [-0.39, 0.29) is 17.9 Å². The number of unbranched alkanes of at least 4 members (excludes halogenated alkanes) is 2. The minimum Gasteiger partial charge on any atom is -0.337 e. The van der Waals surface area contributed by atoms with Crippen LogP contribution in [0.5, 0.6) is 0 Å². The van der Waals surface area contributed by atoms with Crippen LogP contribution in [0, 0.1) is 0 Å². The molecule has 0 aliphatic carbocycles. The zero-order valence-corrected chi connectivity index (χ0v) is 17.9. The second-order valence-corrected chi connectivity index (χ2v) is 7.52. The summed E-state index contributed by atoms with van der Waals surface area (Å²) in [5.41, 5.74) is 1.28. The Balaban J connectivity index is 2.02. The summed E-state index contributed by atoms with van der Waals surface area (Å²) in [4.78, 5) is 31.4. The number of aromatic nitrogens is 2. The maximum Gasteiger partial charge on any atom is 0.254 e. The SMILES string of the molecule is CCCCCN(C(=O)c1cccc(NC(=O)CCn2ccnc2)c1)C(C)CCC. The Hall–Kier alpha value is -2.63. The molecule has 0 saturated heterocycles. The molecule has 0 saturated carbocycles. The molecule has 1 heterocycles. The lowest BCUT2D eigenvalue weighted by atomic mass is 10.1. The summed E-state index contributed by atoms with van der Waals surface area (Å²) < 4.78 is 1.86. The van der Waals surface area contributed by atoms with Gasteiger partial charge in [0.15, 0.2) is 0 Å². The quantitative estimate of drug-likeness (QED) is 0.526. The van der Waals surface area contributed by atoms with Crippen molar-refractivity contribution in [1.29, 1.82) is 0 Å². The highest BCUT2D eigenvalue weighted by molar-refractivity contribution is 5.97. The molecule has 2 aromatic rings. The van der Waals surface area contributed by atoms with E-state index in [4.69, 9.17) is 0 Å². The molecule has 2 amide bonds. The minimum atomic E-state index is -0.0811. The molecule has 0 aliphatic rings. The molecule has 158 valence electrons. The van der Waals surface area contributed by atoms with Crippen LogP contribution in [0.2, 0.25) is 0 Å². The molecule has 6 nitrogen and oxygen atoms in total. The van der Waals surface area contributed by atoms with E-state index in [2.05, 4.69) is 31.1 Å². The number of benzene rings is 1. The highest BCUT2D eigenvalue weighted by Gasteiger charge is 2.21. The molecular formula is C23H34N4O2. The minimum absolute atomic E-state index is 0.0385. The van der Waals surface area contributed by atoms with Gasteiger partial charge in [-0.05, 0) is 38.0 Å². The van der Waals surface area contributed by atoms with Crippen molar-refractivity contribution in [3.63, 3.8) is 0 Å². The monoisotopic (exact) mass is 398 g/mol. The lowest BCUT2D eigenvalue weighted by Gasteiger charge is -2.29. The van der Waals surface area contributed by atoms with Gasteiger partial charge >= 0.3 is 0 Å². The van der Waals surface area contributed by atoms with E-state index in [1.54, 1.807) is 18.6 Å². The third kappa shape index (κ3) is 7.37. The lowest BCUT2D eigenvalue weighted by Crippen LogP contribution is -2.39. The van der Waals surface area contributed by atoms with E-state index in [0.29, 0.717) is 24.2 Å². The molecule has 1 aromatic heterocycles. The van der Waals surface area contributed by atoms with Gasteiger partial charge in [-0.1, -0.05) is 39.2 Å². The topological polar surface area (TPSA) is 67.2 Å². The number of hydrogen-bond donors (Lipinski definition) is 1. The Kier molecular flexibility index (Phi) is 9.41. The second kappa shape index (κ2) is 12.0. The van der Waals surface area contributed by atoms with Crippen LogP contribution < -0.4 is 5.32 Å². The van der Waals surface area contributed by atoms with Gasteiger partial charge in [-0.3, -0.25) is 9.59 Å². The van der Waals surface area contributed by atoms with Gasteiger partial charge in [-0.25, -0.2) is 4.98 Å². The first kappa shape index (κ1) is 22.7. The van der Waals surface area contributed by atoms with Gasteiger partial charge in [0.1, 0.15) is 0 Å². The van der Waals surface area contributed by atoms with E-state index in [0.717, 1.165) is 38.6 Å². The third-order valence-corrected chi connectivity index (χ3v) is 5.05. The normalized spacial score (nSPS) is 11.8. The fourth-order valence-corrected chi connectivity index (χ4v) is 3.40. The fraction of sp³-hybridized carbons (Fsp3) is 0.522. The van der Waals surface area contributed by atoms with Crippen LogP contribution in [-0.4, -0.2) is 38.9 Å². The highest BCUT2D eigenvalue weighted by atomic mass is 16.2. The van der Waals surface area contributed by atoms with E-state index >= 15 is 0 Å². The Bertz CT molecular complexity index is 758. The number of nitrogens with zero attached hydrogens (tertiary/aromatic N) is 3. The van der Waals surface area contributed by atoms with Gasteiger partial charge in [-0.2, -0.15) is 0 Å². The van der Waals surface area contributed by atoms with Crippen LogP contribution in [0.25, 0.3) is 0 Å². The summed E-state index contributed by atoms with van der Waals surface area (Å²) in [5, 5.41) is 2.90. The molecular weight excluding hydrogens is 364 g/mol. The Labute approximate surface area is 174 Å². The molecule has 29 heavy (non-hydrogen) atoms. The third-order valence-electron chi connectivity index (χ3n) is 5.05. The van der Waals surface area contributed by atoms with Crippen molar-refractivity contribution in [2.75, 3.05) is 11.9 Å². The highest BCUT2D eigenvalue weighted by Crippen LogP contribution is 2.17. The zero-order chi connectivity index (χ0) is 21.1. The van der Waals surface area contributed by atoms with Gasteiger partial charge in [0.2, 0.25) is 5.91 Å². The zero-order valence-electron chi connectivity index (χ0n) is 17.9. The fourth-order valence-electron chi connectivity index (χ4n) is 3.40. The maximum atomic E-state index is 13.2. The molecule has 0 bridgehead atoms. The van der Waals surface area contributed by atoms with Gasteiger partial charge < -0.3 is 14.8 Å². The first-order chi connectivity index (χ1) is 14.0. The number of carbonyl (C=O) groups excluding carboxylic acids is 2. The van der Waals surface area contributed by atoms with Crippen molar-refractivity contribution in [2.45, 2.75) is 71.9 Å². The van der Waals surface area contributed by atoms with Crippen molar-refractivity contribution in [3.05, 3.63) is 48.5 Å². The molecule has 0 spiro atoms. The first-order valence-electron chi connectivity index (χ1n) is 10.7. The van der Waals surface area contributed by atoms with Crippen molar-refractivity contribution < 1.29 is 9.59 Å². The van der Waals surface area contributed by atoms with E-state index in [1.165, 1.54) is 0 Å². The largest absolute Gasteiger partial charge is 0.337 e. The van der Waals surface area contributed by atoms with Crippen LogP contribution in [-0.2, 0) is 11.3 Å². The molecule has 1 unspecified atom stereocenters. The summed E-state index contributed by atoms with van der Waals surface area (Å²) in [7, 11) is 0. The first-order valence-corrected chi connectivity index (χ1v) is 10.7. The number of amides is 2. The number of hydrogen-bond acceptors (Lipinski definition) is 3. The standard InChI is InChI=1S/C23H34N4O2/c1-4-6-7-14-27(19(3)9-5-2)23(29)20-10-8-11-21(17-20)25-22(28)12-15-26-16-13-24-18-26/h8,10-11,13,16-19H,4-7,9,12,14-15H2,1-3H3,(H,25,28). The molecule has 1 N–H and O–H groups in total. The molecule has 0 aliphatic heterocycles. The molecule has 0 radical (unpaired) electrons. The molecule has 1 atom stereocenters. The smallest absolute Gasteiger partial charge is 0.254 e. The van der Waals surface area contributed by atoms with E-state index < -0.39 is 0 Å². The van der Waals surface area contributed by atoms with Crippen molar-refractivity contribution >= 4 is 17.5 Å². The van der Waals surface area contributed by atoms with Gasteiger partial charge in [0, 0.05) is 49.2 Å². The van der Waals surface area contributed by atoms with Gasteiger partial charge in [-0.15, -0.1) is 0 Å². The van der Waals surface area contributed by atoms with Crippen molar-refractivity contribution in [2.24, 2.45) is 0 Å². The number of carbonyl (C=O) groups is 2. The maximum absolute atomic E-state index is 13.2. The lowest BCUT2D eigenvalue weighted by molar-refractivity contribution is -0.116. The Morgan fingerprint density at radius 1 is 1.21 bits per heavy atom. The summed E-state index contributed by atoms with van der Waals surface area (Å²) >= 11 is 0. The van der Waals surface area contributed by atoms with Crippen molar-refractivity contribution in [3.8, 4) is 0 Å². The number of nitrogens with one attached hydrogen (secondary N) is 1. The average Bonchev–Trinajstić information content (AvgIpc) is 3.23. The summed E-state index contributed by atoms with van der Waals surface area (Å²) in [6.07, 6.45) is 10.9. The average molecular weight is 399 g/mol. The second-order valence-electron chi connectivity index (χ2n) is 7.52. The summed E-state index contributed by atoms with van der Waals surface area (Å²) in [6.45, 7) is 7.78. The molecule has 1 aromatic carbocycles. The van der Waals surface area contributed by atoms with Crippen LogP contribution >= 0.6 is 0 Å². The van der Waals surface area contributed by atoms with Crippen LogP contribution in [0.4, 0.5) is 5.69 Å². The number of rotatable bonds is 12. The predicted molar refractivity (Wildman–Crippen MR) is 117 cm³/mol. The van der Waals surface area contributed by atoms with E-state index in [1.807, 2.05) is 33.9 Å². The van der Waals surface area contributed by atoms with E-state index in [9.17, 15) is 9.59 Å². The van der Waals surface area contributed by atoms with Gasteiger partial charge in [0.25, 0.3) is 5.91 Å². The number of anilines is 1. The van der Waals surface area contributed by atoms with Crippen LogP contribution in [0.15, 0.2) is 43.0 Å². The predicted octanol–water partition coefficient (Wildman–Crippen LogP) is 4.73. The number of imidazole rings is 1. The Morgan fingerprint density at radius 2 is 2.03 bits per heavy atom. The Morgan fingerprint density at radius 3 is 2.72 bits per heavy atom. The van der Waals surface area contributed by atoms with Gasteiger partial charge in [0.05, 0.1) is 6.33 Å². The molecule has 2 rings (SSSR count). The summed E-state index contributed by atoms with van der Waals surface area (Å²) in [5.74, 6) is -0.0426. The van der Waals surface area contributed by atoms with Crippen LogP contribution in [0.1, 0.15) is 69.7 Å².